The highest BCUT2D eigenvalue weighted by molar-refractivity contribution is 6.00. The molecule has 0 aliphatic heterocycles. The number of nitrogens with one attached hydrogen (secondary N) is 2. The van der Waals surface area contributed by atoms with E-state index >= 15 is 0 Å². The first kappa shape index (κ1) is 16.8. The molecule has 1 amide bonds. The number of amides is 1. The lowest BCUT2D eigenvalue weighted by atomic mass is 10.1. The summed E-state index contributed by atoms with van der Waals surface area (Å²) in [5, 5.41) is 0. The third kappa shape index (κ3) is 3.98. The SMILES string of the molecule is CCOC(=O)c1[nH]c(C)c(C(=O)NOCc2ccccc2)c1C. The molecule has 1 heterocycles. The molecule has 23 heavy (non-hydrogen) atoms. The molecule has 122 valence electrons. The van der Waals surface area contributed by atoms with Crippen molar-refractivity contribution in [3.05, 3.63) is 58.4 Å². The van der Waals surface area contributed by atoms with Gasteiger partial charge < -0.3 is 9.72 Å². The van der Waals surface area contributed by atoms with Crippen LogP contribution in [-0.2, 0) is 16.2 Å². The number of aromatic amines is 1. The Balaban J connectivity index is 2.03. The molecule has 1 aromatic carbocycles. The first-order valence-electron chi connectivity index (χ1n) is 7.37. The molecule has 0 saturated carbocycles. The van der Waals surface area contributed by atoms with Crippen LogP contribution in [0.1, 0.15) is 44.6 Å². The Morgan fingerprint density at radius 3 is 2.52 bits per heavy atom. The number of aryl methyl sites for hydroxylation is 1. The van der Waals surface area contributed by atoms with Gasteiger partial charge in [-0.1, -0.05) is 30.3 Å². The maximum absolute atomic E-state index is 12.3. The van der Waals surface area contributed by atoms with E-state index in [9.17, 15) is 9.59 Å². The largest absolute Gasteiger partial charge is 0.461 e. The van der Waals surface area contributed by atoms with Gasteiger partial charge in [0.2, 0.25) is 0 Å². The van der Waals surface area contributed by atoms with E-state index in [4.69, 9.17) is 9.57 Å². The van der Waals surface area contributed by atoms with Crippen LogP contribution in [0.25, 0.3) is 0 Å². The summed E-state index contributed by atoms with van der Waals surface area (Å²) >= 11 is 0. The molecule has 6 nitrogen and oxygen atoms in total. The summed E-state index contributed by atoms with van der Waals surface area (Å²) in [6, 6.07) is 9.50. The van der Waals surface area contributed by atoms with E-state index in [1.807, 2.05) is 30.3 Å². The van der Waals surface area contributed by atoms with Crippen molar-refractivity contribution < 1.29 is 19.2 Å². The zero-order valence-electron chi connectivity index (χ0n) is 13.4. The normalized spacial score (nSPS) is 10.4. The van der Waals surface area contributed by atoms with Gasteiger partial charge in [0, 0.05) is 5.69 Å². The molecule has 0 aliphatic carbocycles. The van der Waals surface area contributed by atoms with Crippen LogP contribution >= 0.6 is 0 Å². The highest BCUT2D eigenvalue weighted by Gasteiger charge is 2.22. The molecule has 0 fully saturated rings. The minimum absolute atomic E-state index is 0.264. The average Bonchev–Trinajstić information content (AvgIpc) is 2.83. The van der Waals surface area contributed by atoms with Crippen molar-refractivity contribution in [3.63, 3.8) is 0 Å². The molecule has 2 aromatic rings. The lowest BCUT2D eigenvalue weighted by molar-refractivity contribution is 0.0232. The number of H-pyrrole nitrogens is 1. The van der Waals surface area contributed by atoms with Crippen molar-refractivity contribution in [3.8, 4) is 0 Å². The van der Waals surface area contributed by atoms with Crippen LogP contribution in [0, 0.1) is 13.8 Å². The highest BCUT2D eigenvalue weighted by atomic mass is 16.6. The van der Waals surface area contributed by atoms with Gasteiger partial charge in [0.1, 0.15) is 5.69 Å². The van der Waals surface area contributed by atoms with Gasteiger partial charge in [0.15, 0.2) is 0 Å². The first-order valence-corrected chi connectivity index (χ1v) is 7.37. The first-order chi connectivity index (χ1) is 11.0. The number of aromatic nitrogens is 1. The fourth-order valence-electron chi connectivity index (χ4n) is 2.31. The van der Waals surface area contributed by atoms with E-state index in [0.29, 0.717) is 16.8 Å². The van der Waals surface area contributed by atoms with E-state index in [-0.39, 0.29) is 18.9 Å². The second kappa shape index (κ2) is 7.60. The third-order valence-electron chi connectivity index (χ3n) is 3.39. The second-order valence-corrected chi connectivity index (χ2v) is 5.05. The maximum atomic E-state index is 12.3. The summed E-state index contributed by atoms with van der Waals surface area (Å²) in [7, 11) is 0. The number of hydroxylamine groups is 1. The third-order valence-corrected chi connectivity index (χ3v) is 3.39. The smallest absolute Gasteiger partial charge is 0.355 e. The Kier molecular flexibility index (Phi) is 5.54. The minimum atomic E-state index is -0.475. The molecule has 0 atom stereocenters. The average molecular weight is 316 g/mol. The predicted octanol–water partition coefficient (Wildman–Crippen LogP) is 2.67. The van der Waals surface area contributed by atoms with Crippen molar-refractivity contribution in [1.82, 2.24) is 10.5 Å². The molecule has 2 rings (SSSR count). The summed E-state index contributed by atoms with van der Waals surface area (Å²) in [5.74, 6) is -0.875. The fourth-order valence-corrected chi connectivity index (χ4v) is 2.31. The lowest BCUT2D eigenvalue weighted by Gasteiger charge is -2.07. The van der Waals surface area contributed by atoms with Crippen LogP contribution in [0.5, 0.6) is 0 Å². The summed E-state index contributed by atoms with van der Waals surface area (Å²) < 4.78 is 4.96. The zero-order valence-corrected chi connectivity index (χ0v) is 13.4. The number of hydrogen-bond acceptors (Lipinski definition) is 4. The number of benzene rings is 1. The van der Waals surface area contributed by atoms with Gasteiger partial charge in [-0.05, 0) is 31.9 Å². The molecule has 0 saturated heterocycles. The minimum Gasteiger partial charge on any atom is -0.461 e. The molecule has 1 aromatic heterocycles. The molecule has 0 spiro atoms. The number of ether oxygens (including phenoxy) is 1. The Bertz CT molecular complexity index is 692. The van der Waals surface area contributed by atoms with Gasteiger partial charge in [-0.2, -0.15) is 0 Å². The van der Waals surface area contributed by atoms with Crippen molar-refractivity contribution in [2.45, 2.75) is 27.4 Å². The predicted molar refractivity (Wildman–Crippen MR) is 84.9 cm³/mol. The van der Waals surface area contributed by atoms with Crippen LogP contribution in [0.4, 0.5) is 0 Å². The molecular weight excluding hydrogens is 296 g/mol. The van der Waals surface area contributed by atoms with Crippen molar-refractivity contribution in [1.29, 1.82) is 0 Å². The van der Waals surface area contributed by atoms with E-state index in [2.05, 4.69) is 10.5 Å². The van der Waals surface area contributed by atoms with Crippen molar-refractivity contribution in [2.24, 2.45) is 0 Å². The van der Waals surface area contributed by atoms with Gasteiger partial charge in [-0.25, -0.2) is 10.3 Å². The van der Waals surface area contributed by atoms with Crippen LogP contribution in [0.2, 0.25) is 0 Å². The topological polar surface area (TPSA) is 80.4 Å². The number of hydrogen-bond donors (Lipinski definition) is 2. The van der Waals surface area contributed by atoms with Gasteiger partial charge in [-0.15, -0.1) is 0 Å². The van der Waals surface area contributed by atoms with Crippen LogP contribution in [-0.4, -0.2) is 23.5 Å². The molecule has 0 unspecified atom stereocenters. The summed E-state index contributed by atoms with van der Waals surface area (Å²) in [6.07, 6.45) is 0. The summed E-state index contributed by atoms with van der Waals surface area (Å²) in [6.45, 7) is 5.69. The highest BCUT2D eigenvalue weighted by Crippen LogP contribution is 2.18. The summed E-state index contributed by atoms with van der Waals surface area (Å²) in [4.78, 5) is 32.2. The van der Waals surface area contributed by atoms with Crippen LogP contribution in [0.15, 0.2) is 30.3 Å². The Hall–Kier alpha value is -2.60. The maximum Gasteiger partial charge on any atom is 0.355 e. The van der Waals surface area contributed by atoms with Crippen LogP contribution in [0.3, 0.4) is 0 Å². The van der Waals surface area contributed by atoms with Gasteiger partial charge in [-0.3, -0.25) is 9.63 Å². The monoisotopic (exact) mass is 316 g/mol. The Morgan fingerprint density at radius 1 is 1.17 bits per heavy atom. The molecular formula is C17H20N2O4. The van der Waals surface area contributed by atoms with Gasteiger partial charge >= 0.3 is 5.97 Å². The van der Waals surface area contributed by atoms with E-state index in [1.54, 1.807) is 20.8 Å². The zero-order chi connectivity index (χ0) is 16.8. The van der Waals surface area contributed by atoms with Gasteiger partial charge in [0.25, 0.3) is 5.91 Å². The van der Waals surface area contributed by atoms with E-state index in [1.165, 1.54) is 0 Å². The molecule has 0 radical (unpaired) electrons. The molecule has 0 aliphatic rings. The summed E-state index contributed by atoms with van der Waals surface area (Å²) in [5.41, 5.74) is 5.16. The molecule has 0 bridgehead atoms. The molecule has 2 N–H and O–H groups in total. The number of esters is 1. The number of rotatable bonds is 6. The Labute approximate surface area is 134 Å². The fraction of sp³-hybridized carbons (Fsp3) is 0.294. The number of carbonyl (C=O) groups is 2. The van der Waals surface area contributed by atoms with Crippen LogP contribution < -0.4 is 5.48 Å². The second-order valence-electron chi connectivity index (χ2n) is 5.05. The number of carbonyl (C=O) groups excluding carboxylic acids is 2. The van der Waals surface area contributed by atoms with E-state index in [0.717, 1.165) is 5.56 Å². The van der Waals surface area contributed by atoms with Crippen molar-refractivity contribution in [2.75, 3.05) is 6.61 Å². The standard InChI is InChI=1S/C17H20N2O4/c1-4-22-17(21)15-11(2)14(12(3)18-15)16(20)19-23-10-13-8-6-5-7-9-13/h5-9,18H,4,10H2,1-3H3,(H,19,20). The quantitative estimate of drug-likeness (QED) is 0.634. The van der Waals surface area contributed by atoms with E-state index < -0.39 is 11.9 Å². The Morgan fingerprint density at radius 2 is 1.87 bits per heavy atom. The van der Waals surface area contributed by atoms with Crippen molar-refractivity contribution >= 4 is 11.9 Å². The lowest BCUT2D eigenvalue weighted by Crippen LogP contribution is -2.24. The molecule has 6 heteroatoms. The van der Waals surface area contributed by atoms with Gasteiger partial charge in [0.05, 0.1) is 18.8 Å².